The van der Waals surface area contributed by atoms with Crippen molar-refractivity contribution >= 4 is 23.5 Å². The van der Waals surface area contributed by atoms with E-state index in [2.05, 4.69) is 10.4 Å². The average molecular weight is 467 g/mol. The predicted molar refractivity (Wildman–Crippen MR) is 129 cm³/mol. The summed E-state index contributed by atoms with van der Waals surface area (Å²) in [4.78, 5) is 41.6. The number of hydrogen-bond acceptors (Lipinski definition) is 5. The topological polar surface area (TPSA) is 93.5 Å². The molecule has 1 fully saturated rings. The zero-order valence-electron chi connectivity index (χ0n) is 20.5. The molecule has 34 heavy (non-hydrogen) atoms. The molecule has 0 radical (unpaired) electrons. The monoisotopic (exact) mass is 466 g/mol. The number of benzene rings is 1. The van der Waals surface area contributed by atoms with Crippen LogP contribution in [0.15, 0.2) is 24.3 Å². The Bertz CT molecular complexity index is 1100. The molecule has 1 aliphatic heterocycles. The number of aryl methyl sites for hydroxylation is 1. The maximum absolute atomic E-state index is 13.9. The molecule has 1 saturated carbocycles. The van der Waals surface area contributed by atoms with Gasteiger partial charge in [0.25, 0.3) is 5.91 Å². The van der Waals surface area contributed by atoms with Crippen molar-refractivity contribution in [3.63, 3.8) is 0 Å². The van der Waals surface area contributed by atoms with Gasteiger partial charge in [-0.15, -0.1) is 0 Å². The lowest BCUT2D eigenvalue weighted by atomic mass is 9.91. The highest BCUT2D eigenvalue weighted by molar-refractivity contribution is 6.12. The Morgan fingerprint density at radius 2 is 1.88 bits per heavy atom. The van der Waals surface area contributed by atoms with Gasteiger partial charge in [0, 0.05) is 17.8 Å². The van der Waals surface area contributed by atoms with Gasteiger partial charge in [0.2, 0.25) is 5.91 Å². The van der Waals surface area contributed by atoms with Crippen LogP contribution in [0.1, 0.15) is 84.5 Å². The third-order valence-corrected chi connectivity index (χ3v) is 7.13. The van der Waals surface area contributed by atoms with Crippen molar-refractivity contribution in [1.82, 2.24) is 15.1 Å². The summed E-state index contributed by atoms with van der Waals surface area (Å²) in [5.41, 5.74) is 1.77. The van der Waals surface area contributed by atoms with Gasteiger partial charge in [0.05, 0.1) is 13.2 Å². The van der Waals surface area contributed by atoms with Gasteiger partial charge in [0.15, 0.2) is 5.69 Å². The van der Waals surface area contributed by atoms with Crippen molar-refractivity contribution in [2.75, 3.05) is 11.5 Å². The van der Waals surface area contributed by atoms with E-state index in [-0.39, 0.29) is 42.4 Å². The number of rotatable bonds is 5. The molecular weight excluding hydrogens is 432 g/mol. The molecule has 2 aromatic rings. The fraction of sp³-hybridized carbons (Fsp3) is 0.538. The number of nitrogens with one attached hydrogen (secondary N) is 1. The molecule has 8 nitrogen and oxygen atoms in total. The number of esters is 1. The van der Waals surface area contributed by atoms with Crippen LogP contribution in [0.3, 0.4) is 0 Å². The molecule has 1 N–H and O–H groups in total. The summed E-state index contributed by atoms with van der Waals surface area (Å²) in [7, 11) is 0. The van der Waals surface area contributed by atoms with E-state index in [0.29, 0.717) is 5.69 Å². The summed E-state index contributed by atoms with van der Waals surface area (Å²) in [6, 6.07) is 7.30. The highest BCUT2D eigenvalue weighted by Gasteiger charge is 2.50. The Kier molecular flexibility index (Phi) is 6.77. The van der Waals surface area contributed by atoms with Crippen molar-refractivity contribution in [1.29, 1.82) is 0 Å². The average Bonchev–Trinajstić information content (AvgIpc) is 3.06. The second-order valence-corrected chi connectivity index (χ2v) is 9.59. The van der Waals surface area contributed by atoms with Crippen molar-refractivity contribution in [2.24, 2.45) is 0 Å². The smallest absolute Gasteiger partial charge is 0.358 e. The molecule has 182 valence electrons. The van der Waals surface area contributed by atoms with E-state index in [1.807, 2.05) is 32.0 Å². The first-order valence-corrected chi connectivity index (χ1v) is 12.2. The molecule has 1 atom stereocenters. The van der Waals surface area contributed by atoms with E-state index < -0.39 is 11.5 Å². The van der Waals surface area contributed by atoms with Crippen molar-refractivity contribution in [3.05, 3.63) is 46.8 Å². The highest BCUT2D eigenvalue weighted by atomic mass is 16.5. The number of ether oxygens (including phenoxy) is 1. The second kappa shape index (κ2) is 9.60. The van der Waals surface area contributed by atoms with Gasteiger partial charge in [-0.2, -0.15) is 5.10 Å². The van der Waals surface area contributed by atoms with Gasteiger partial charge in [-0.1, -0.05) is 37.8 Å². The zero-order valence-corrected chi connectivity index (χ0v) is 20.5. The molecular formula is C26H34N4O4. The minimum Gasteiger partial charge on any atom is -0.461 e. The maximum Gasteiger partial charge on any atom is 0.358 e. The number of hydrogen-bond donors (Lipinski definition) is 1. The number of anilines is 1. The number of amides is 2. The van der Waals surface area contributed by atoms with Gasteiger partial charge in [-0.25, -0.2) is 4.79 Å². The van der Waals surface area contributed by atoms with Crippen molar-refractivity contribution in [3.8, 4) is 0 Å². The number of carbonyl (C=O) groups is 3. The summed E-state index contributed by atoms with van der Waals surface area (Å²) in [5, 5.41) is 7.58. The van der Waals surface area contributed by atoms with Crippen LogP contribution in [0.25, 0.3) is 0 Å². The first kappa shape index (κ1) is 24.0. The minimum atomic E-state index is -1.22. The summed E-state index contributed by atoms with van der Waals surface area (Å²) in [6.45, 7) is 7.80. The number of carbonyl (C=O) groups excluding carboxylic acids is 3. The van der Waals surface area contributed by atoms with E-state index >= 15 is 0 Å². The molecule has 1 aliphatic carbocycles. The highest BCUT2D eigenvalue weighted by Crippen LogP contribution is 2.36. The van der Waals surface area contributed by atoms with E-state index in [4.69, 9.17) is 4.74 Å². The molecule has 4 rings (SSSR count). The van der Waals surface area contributed by atoms with Crippen molar-refractivity contribution < 1.29 is 19.1 Å². The van der Waals surface area contributed by atoms with Crippen LogP contribution in [0, 0.1) is 13.8 Å². The summed E-state index contributed by atoms with van der Waals surface area (Å²) in [5.74, 6) is -1.14. The first-order valence-electron chi connectivity index (χ1n) is 12.2. The van der Waals surface area contributed by atoms with Crippen LogP contribution in [0.2, 0.25) is 0 Å². The molecule has 1 aromatic carbocycles. The molecule has 0 unspecified atom stereocenters. The summed E-state index contributed by atoms with van der Waals surface area (Å²) in [6.07, 6.45) is 6.44. The van der Waals surface area contributed by atoms with Crippen LogP contribution >= 0.6 is 0 Å². The van der Waals surface area contributed by atoms with Crippen LogP contribution < -0.4 is 10.2 Å². The van der Waals surface area contributed by atoms with E-state index in [0.717, 1.165) is 36.8 Å². The Balaban J connectivity index is 1.77. The largest absolute Gasteiger partial charge is 0.461 e. The Morgan fingerprint density at radius 1 is 1.18 bits per heavy atom. The Labute approximate surface area is 200 Å². The summed E-state index contributed by atoms with van der Waals surface area (Å²) < 4.78 is 6.56. The van der Waals surface area contributed by atoms with E-state index in [9.17, 15) is 14.4 Å². The molecule has 1 aromatic heterocycles. The SMILES string of the molecule is CCOC(=O)c1cc2n(n1)C[C@](C)(C(=O)NC1CCCCCC1)N(c1cccc(C)c1C)C2=O. The van der Waals surface area contributed by atoms with Gasteiger partial charge in [-0.05, 0) is 57.7 Å². The molecule has 0 bridgehead atoms. The van der Waals surface area contributed by atoms with E-state index in [1.54, 1.807) is 18.7 Å². The van der Waals surface area contributed by atoms with Gasteiger partial charge in [0.1, 0.15) is 11.2 Å². The molecule has 2 amide bonds. The Hall–Kier alpha value is -3.16. The molecule has 0 spiro atoms. The standard InChI is InChI=1S/C26H34N4O4/c1-5-34-24(32)20-15-22-23(31)30(21-14-10-11-17(2)18(21)3)26(4,16-29(22)28-20)25(33)27-19-12-8-6-7-9-13-19/h10-11,14-15,19H,5-9,12-13,16H2,1-4H3,(H,27,33)/t26-/m1/s1. The van der Waals surface area contributed by atoms with Crippen molar-refractivity contribution in [2.45, 2.75) is 84.3 Å². The third-order valence-electron chi connectivity index (χ3n) is 7.13. The molecule has 2 aliphatic rings. The zero-order chi connectivity index (χ0) is 24.5. The van der Waals surface area contributed by atoms with Crippen LogP contribution in [-0.2, 0) is 16.1 Å². The lowest BCUT2D eigenvalue weighted by molar-refractivity contribution is -0.127. The van der Waals surface area contributed by atoms with Gasteiger partial charge >= 0.3 is 5.97 Å². The third kappa shape index (κ3) is 4.33. The van der Waals surface area contributed by atoms with Gasteiger partial charge < -0.3 is 10.1 Å². The number of fused-ring (bicyclic) bond motifs is 1. The second-order valence-electron chi connectivity index (χ2n) is 9.59. The normalized spacial score (nSPS) is 21.1. The van der Waals surface area contributed by atoms with Crippen LogP contribution in [0.5, 0.6) is 0 Å². The molecule has 8 heteroatoms. The van der Waals surface area contributed by atoms with E-state index in [1.165, 1.54) is 23.6 Å². The minimum absolute atomic E-state index is 0.0690. The lowest BCUT2D eigenvalue weighted by Crippen LogP contribution is -2.65. The van der Waals surface area contributed by atoms with Crippen LogP contribution in [-0.4, -0.2) is 45.8 Å². The molecule has 0 saturated heterocycles. The number of aromatic nitrogens is 2. The fourth-order valence-corrected chi connectivity index (χ4v) is 5.01. The first-order chi connectivity index (χ1) is 16.3. The maximum atomic E-state index is 13.9. The molecule has 2 heterocycles. The Morgan fingerprint density at radius 3 is 2.56 bits per heavy atom. The van der Waals surface area contributed by atoms with Gasteiger partial charge in [-0.3, -0.25) is 19.2 Å². The summed E-state index contributed by atoms with van der Waals surface area (Å²) >= 11 is 0. The number of nitrogens with zero attached hydrogens (tertiary/aromatic N) is 3. The quantitative estimate of drug-likeness (QED) is 0.532. The van der Waals surface area contributed by atoms with Crippen LogP contribution in [0.4, 0.5) is 5.69 Å². The lowest BCUT2D eigenvalue weighted by Gasteiger charge is -2.44. The fourth-order valence-electron chi connectivity index (χ4n) is 5.01. The predicted octanol–water partition coefficient (Wildman–Crippen LogP) is 3.93.